The molecule has 0 bridgehead atoms. The fourth-order valence-corrected chi connectivity index (χ4v) is 5.36. The number of aromatic nitrogens is 2. The van der Waals surface area contributed by atoms with Crippen molar-refractivity contribution in [1.82, 2.24) is 14.9 Å². The number of anilines is 1. The van der Waals surface area contributed by atoms with E-state index in [4.69, 9.17) is 14.2 Å². The molecular formula is C20H32N4O3. The van der Waals surface area contributed by atoms with Crippen LogP contribution >= 0.6 is 0 Å². The predicted octanol–water partition coefficient (Wildman–Crippen LogP) is 1.83. The van der Waals surface area contributed by atoms with Crippen molar-refractivity contribution in [1.29, 1.82) is 0 Å². The molecule has 4 rings (SSSR count). The lowest BCUT2D eigenvalue weighted by Gasteiger charge is -2.54. The van der Waals surface area contributed by atoms with Crippen molar-refractivity contribution in [3.63, 3.8) is 0 Å². The van der Waals surface area contributed by atoms with Crippen LogP contribution in [0.25, 0.3) is 0 Å². The molecule has 2 aliphatic heterocycles. The SMILES string of the molecule is COC[C@@]12CC[C@@H](N3CCOCC3)C[C@H]1CCN(c1cc(OC)ncn1)C2. The molecule has 150 valence electrons. The van der Waals surface area contributed by atoms with Crippen LogP contribution in [-0.4, -0.2) is 81.1 Å². The normalized spacial score (nSPS) is 32.1. The number of morpholine rings is 1. The molecule has 27 heavy (non-hydrogen) atoms. The molecule has 1 saturated carbocycles. The summed E-state index contributed by atoms with van der Waals surface area (Å²) >= 11 is 0. The van der Waals surface area contributed by atoms with E-state index in [0.717, 1.165) is 51.8 Å². The zero-order valence-electron chi connectivity index (χ0n) is 16.6. The number of ether oxygens (including phenoxy) is 3. The second-order valence-electron chi connectivity index (χ2n) is 8.20. The lowest BCUT2D eigenvalue weighted by Crippen LogP contribution is -2.57. The molecule has 1 aromatic rings. The third-order valence-electron chi connectivity index (χ3n) is 6.81. The topological polar surface area (TPSA) is 60.0 Å². The molecule has 0 aromatic carbocycles. The monoisotopic (exact) mass is 376 g/mol. The number of methoxy groups -OCH3 is 2. The van der Waals surface area contributed by atoms with Gasteiger partial charge in [0.15, 0.2) is 0 Å². The Hall–Kier alpha value is -1.44. The van der Waals surface area contributed by atoms with E-state index in [1.165, 1.54) is 25.7 Å². The quantitative estimate of drug-likeness (QED) is 0.777. The largest absolute Gasteiger partial charge is 0.481 e. The number of nitrogens with zero attached hydrogens (tertiary/aromatic N) is 4. The zero-order valence-corrected chi connectivity index (χ0v) is 16.6. The summed E-state index contributed by atoms with van der Waals surface area (Å²) in [5, 5.41) is 0. The molecule has 0 amide bonds. The van der Waals surface area contributed by atoms with Crippen molar-refractivity contribution in [2.45, 2.75) is 31.7 Å². The first kappa shape index (κ1) is 18.9. The van der Waals surface area contributed by atoms with Crippen molar-refractivity contribution in [3.8, 4) is 5.88 Å². The maximum Gasteiger partial charge on any atom is 0.218 e. The van der Waals surface area contributed by atoms with E-state index >= 15 is 0 Å². The zero-order chi connectivity index (χ0) is 18.7. The molecule has 0 spiro atoms. The van der Waals surface area contributed by atoms with Crippen molar-refractivity contribution >= 4 is 5.82 Å². The minimum atomic E-state index is 0.216. The molecule has 7 nitrogen and oxygen atoms in total. The van der Waals surface area contributed by atoms with Gasteiger partial charge in [0.25, 0.3) is 0 Å². The Labute approximate surface area is 162 Å². The summed E-state index contributed by atoms with van der Waals surface area (Å²) in [6.45, 7) is 6.80. The summed E-state index contributed by atoms with van der Waals surface area (Å²) < 4.78 is 16.6. The van der Waals surface area contributed by atoms with Crippen LogP contribution in [0.2, 0.25) is 0 Å². The molecule has 1 aromatic heterocycles. The molecule has 3 aliphatic rings. The van der Waals surface area contributed by atoms with Crippen LogP contribution in [0, 0.1) is 11.3 Å². The number of hydrogen-bond acceptors (Lipinski definition) is 7. The average molecular weight is 377 g/mol. The molecular weight excluding hydrogens is 344 g/mol. The second kappa shape index (κ2) is 8.29. The standard InChI is InChI=1S/C20H32N4O3/c1-25-14-20-5-3-17(23-7-9-27-10-8-23)11-16(20)4-6-24(13-20)18-12-19(26-2)22-15-21-18/h12,15-17H,3-11,13-14H2,1-2H3/t16-,17-,20+/m1/s1. The fraction of sp³-hybridized carbons (Fsp3) is 0.800. The summed E-state index contributed by atoms with van der Waals surface area (Å²) in [7, 11) is 3.49. The molecule has 0 radical (unpaired) electrons. The first-order valence-electron chi connectivity index (χ1n) is 10.2. The molecule has 0 N–H and O–H groups in total. The van der Waals surface area contributed by atoms with Crippen molar-refractivity contribution in [2.75, 3.05) is 65.1 Å². The van der Waals surface area contributed by atoms with Crippen LogP contribution in [0.4, 0.5) is 5.82 Å². The van der Waals surface area contributed by atoms with Gasteiger partial charge < -0.3 is 19.1 Å². The van der Waals surface area contributed by atoms with Gasteiger partial charge in [-0.1, -0.05) is 0 Å². The van der Waals surface area contributed by atoms with Crippen LogP contribution in [0.3, 0.4) is 0 Å². The van der Waals surface area contributed by atoms with Gasteiger partial charge in [-0.2, -0.15) is 0 Å². The van der Waals surface area contributed by atoms with E-state index in [9.17, 15) is 0 Å². The molecule has 0 unspecified atom stereocenters. The summed E-state index contributed by atoms with van der Waals surface area (Å²) in [4.78, 5) is 13.7. The van der Waals surface area contributed by atoms with Crippen molar-refractivity contribution in [3.05, 3.63) is 12.4 Å². The van der Waals surface area contributed by atoms with Gasteiger partial charge in [0.1, 0.15) is 12.1 Å². The Morgan fingerprint density at radius 2 is 2.04 bits per heavy atom. The Balaban J connectivity index is 1.48. The minimum Gasteiger partial charge on any atom is -0.481 e. The number of rotatable bonds is 5. The van der Waals surface area contributed by atoms with Gasteiger partial charge in [-0.05, 0) is 31.6 Å². The van der Waals surface area contributed by atoms with Crippen LogP contribution in [-0.2, 0) is 9.47 Å². The van der Waals surface area contributed by atoms with Crippen LogP contribution in [0.5, 0.6) is 5.88 Å². The Morgan fingerprint density at radius 1 is 1.19 bits per heavy atom. The molecule has 3 heterocycles. The van der Waals surface area contributed by atoms with Crippen LogP contribution in [0.15, 0.2) is 12.4 Å². The summed E-state index contributed by atoms with van der Waals surface area (Å²) in [6, 6.07) is 2.65. The highest BCUT2D eigenvalue weighted by atomic mass is 16.5. The first-order chi connectivity index (χ1) is 13.2. The van der Waals surface area contributed by atoms with Gasteiger partial charge in [-0.3, -0.25) is 4.90 Å². The van der Waals surface area contributed by atoms with E-state index in [1.54, 1.807) is 13.4 Å². The van der Waals surface area contributed by atoms with Gasteiger partial charge in [-0.25, -0.2) is 9.97 Å². The van der Waals surface area contributed by atoms with Crippen LogP contribution < -0.4 is 9.64 Å². The third kappa shape index (κ3) is 3.91. The first-order valence-corrected chi connectivity index (χ1v) is 10.2. The van der Waals surface area contributed by atoms with Crippen molar-refractivity contribution in [2.24, 2.45) is 11.3 Å². The Bertz CT molecular complexity index is 625. The average Bonchev–Trinajstić information content (AvgIpc) is 2.74. The predicted molar refractivity (Wildman–Crippen MR) is 103 cm³/mol. The molecule has 3 atom stereocenters. The molecule has 7 heteroatoms. The lowest BCUT2D eigenvalue weighted by atomic mass is 9.62. The Kier molecular flexibility index (Phi) is 5.80. The van der Waals surface area contributed by atoms with E-state index in [0.29, 0.717) is 17.8 Å². The van der Waals surface area contributed by atoms with Gasteiger partial charge in [-0.15, -0.1) is 0 Å². The second-order valence-corrected chi connectivity index (χ2v) is 8.20. The van der Waals surface area contributed by atoms with Gasteiger partial charge in [0.05, 0.1) is 26.9 Å². The summed E-state index contributed by atoms with van der Waals surface area (Å²) in [6.07, 6.45) is 6.53. The van der Waals surface area contributed by atoms with Crippen LogP contribution in [0.1, 0.15) is 25.7 Å². The van der Waals surface area contributed by atoms with E-state index < -0.39 is 0 Å². The van der Waals surface area contributed by atoms with E-state index in [1.807, 2.05) is 13.2 Å². The van der Waals surface area contributed by atoms with Gasteiger partial charge in [0, 0.05) is 50.8 Å². The molecule has 1 aliphatic carbocycles. The van der Waals surface area contributed by atoms with Crippen molar-refractivity contribution < 1.29 is 14.2 Å². The fourth-order valence-electron chi connectivity index (χ4n) is 5.36. The van der Waals surface area contributed by atoms with Gasteiger partial charge >= 0.3 is 0 Å². The van der Waals surface area contributed by atoms with Gasteiger partial charge in [0.2, 0.25) is 5.88 Å². The minimum absolute atomic E-state index is 0.216. The highest BCUT2D eigenvalue weighted by molar-refractivity contribution is 5.42. The van der Waals surface area contributed by atoms with E-state index in [-0.39, 0.29) is 5.41 Å². The molecule has 3 fully saturated rings. The lowest BCUT2D eigenvalue weighted by molar-refractivity contribution is -0.0540. The summed E-state index contributed by atoms with van der Waals surface area (Å²) in [5.41, 5.74) is 0.216. The number of piperidine rings is 1. The highest BCUT2D eigenvalue weighted by Gasteiger charge is 2.48. The maximum atomic E-state index is 5.73. The number of fused-ring (bicyclic) bond motifs is 1. The summed E-state index contributed by atoms with van der Waals surface area (Å²) in [5.74, 6) is 2.30. The van der Waals surface area contributed by atoms with E-state index in [2.05, 4.69) is 19.8 Å². The smallest absolute Gasteiger partial charge is 0.218 e. The number of hydrogen-bond donors (Lipinski definition) is 0. The maximum absolute atomic E-state index is 5.73. The highest BCUT2D eigenvalue weighted by Crippen LogP contribution is 2.48. The Morgan fingerprint density at radius 3 is 2.81 bits per heavy atom. The molecule has 2 saturated heterocycles. The third-order valence-corrected chi connectivity index (χ3v) is 6.81.